The number of rotatable bonds is 36. The number of allylic oxidation sites excluding steroid dienone is 8. The van der Waals surface area contributed by atoms with Crippen LogP contribution in [0, 0.1) is 0 Å². The number of phosphoric ester groups is 1. The molecule has 3 N–H and O–H groups in total. The van der Waals surface area contributed by atoms with Crippen molar-refractivity contribution in [2.75, 3.05) is 33.0 Å². The van der Waals surface area contributed by atoms with Crippen LogP contribution in [-0.2, 0) is 27.9 Å². The van der Waals surface area contributed by atoms with E-state index in [-0.39, 0.29) is 32.3 Å². The van der Waals surface area contributed by atoms with Gasteiger partial charge in [-0.25, -0.2) is 4.57 Å². The number of carbonyl (C=O) groups is 1. The summed E-state index contributed by atoms with van der Waals surface area (Å²) in [6.45, 7) is 4.74. The van der Waals surface area contributed by atoms with Crippen molar-refractivity contribution < 1.29 is 32.8 Å². The van der Waals surface area contributed by atoms with Gasteiger partial charge in [-0.15, -0.1) is 0 Å². The van der Waals surface area contributed by atoms with Gasteiger partial charge in [-0.2, -0.15) is 0 Å². The van der Waals surface area contributed by atoms with E-state index in [1.807, 2.05) is 0 Å². The average Bonchev–Trinajstić information content (AvgIpc) is 3.07. The van der Waals surface area contributed by atoms with Crippen molar-refractivity contribution in [2.24, 2.45) is 5.73 Å². The number of phosphoric acid groups is 1. The fourth-order valence-electron chi connectivity index (χ4n) is 4.93. The molecule has 9 heteroatoms. The minimum atomic E-state index is -4.27. The van der Waals surface area contributed by atoms with Gasteiger partial charge in [-0.05, 0) is 64.2 Å². The third-order valence-corrected chi connectivity index (χ3v) is 8.71. The molecule has 0 radical (unpaired) electrons. The van der Waals surface area contributed by atoms with Crippen molar-refractivity contribution in [3.63, 3.8) is 0 Å². The van der Waals surface area contributed by atoms with Crippen molar-refractivity contribution in [1.29, 1.82) is 0 Å². The van der Waals surface area contributed by atoms with E-state index >= 15 is 0 Å². The van der Waals surface area contributed by atoms with Crippen LogP contribution < -0.4 is 5.73 Å². The average molecular weight is 698 g/mol. The summed E-state index contributed by atoms with van der Waals surface area (Å²) in [5.74, 6) is -0.345. The van der Waals surface area contributed by atoms with Crippen LogP contribution in [0.1, 0.15) is 155 Å². The topological polar surface area (TPSA) is 117 Å². The molecular formula is C39H72NO7P. The van der Waals surface area contributed by atoms with Gasteiger partial charge in [-0.3, -0.25) is 13.8 Å². The Hall–Kier alpha value is -1.54. The minimum Gasteiger partial charge on any atom is -0.457 e. The number of nitrogens with two attached hydrogens (primary N) is 1. The highest BCUT2D eigenvalue weighted by molar-refractivity contribution is 7.47. The van der Waals surface area contributed by atoms with Gasteiger partial charge in [0.1, 0.15) is 6.10 Å². The molecule has 0 fully saturated rings. The van der Waals surface area contributed by atoms with E-state index in [1.165, 1.54) is 77.0 Å². The van der Waals surface area contributed by atoms with E-state index < -0.39 is 13.9 Å². The van der Waals surface area contributed by atoms with Gasteiger partial charge in [-0.1, -0.05) is 133 Å². The zero-order chi connectivity index (χ0) is 35.2. The SMILES string of the molecule is CC/C=C\C/C=C\C/C=C\CCCCCCCCCC(=O)OC(COCCCCCCCC/C=C\CCCC)COP(=O)(O)OCCN. The molecule has 0 aromatic carbocycles. The third-order valence-electron chi connectivity index (χ3n) is 7.73. The molecule has 2 unspecified atom stereocenters. The molecule has 0 heterocycles. The molecule has 0 rings (SSSR count). The Morgan fingerprint density at radius 2 is 1.17 bits per heavy atom. The van der Waals surface area contributed by atoms with Crippen LogP contribution in [0.4, 0.5) is 0 Å². The molecule has 0 bridgehead atoms. The van der Waals surface area contributed by atoms with Gasteiger partial charge in [0.2, 0.25) is 0 Å². The smallest absolute Gasteiger partial charge is 0.457 e. The molecular weight excluding hydrogens is 625 g/mol. The molecule has 0 aliphatic rings. The quantitative estimate of drug-likeness (QED) is 0.0287. The number of esters is 1. The summed E-state index contributed by atoms with van der Waals surface area (Å²) >= 11 is 0. The van der Waals surface area contributed by atoms with Gasteiger partial charge in [0, 0.05) is 19.6 Å². The fourth-order valence-corrected chi connectivity index (χ4v) is 5.70. The number of hydrogen-bond donors (Lipinski definition) is 2. The number of ether oxygens (including phenoxy) is 2. The van der Waals surface area contributed by atoms with Crippen molar-refractivity contribution in [2.45, 2.75) is 161 Å². The first kappa shape index (κ1) is 46.5. The van der Waals surface area contributed by atoms with Crippen LogP contribution >= 0.6 is 7.82 Å². The highest BCUT2D eigenvalue weighted by atomic mass is 31.2. The zero-order valence-electron chi connectivity index (χ0n) is 30.7. The lowest BCUT2D eigenvalue weighted by atomic mass is 10.1. The molecule has 0 aromatic heterocycles. The molecule has 0 aromatic rings. The molecule has 8 nitrogen and oxygen atoms in total. The Balaban J connectivity index is 4.11. The molecule has 48 heavy (non-hydrogen) atoms. The van der Waals surface area contributed by atoms with Crippen molar-refractivity contribution in [3.05, 3.63) is 48.6 Å². The fraction of sp³-hybridized carbons (Fsp3) is 0.769. The van der Waals surface area contributed by atoms with Gasteiger partial charge >= 0.3 is 13.8 Å². The number of carbonyl (C=O) groups excluding carboxylic acids is 1. The molecule has 0 spiro atoms. The van der Waals surface area contributed by atoms with Gasteiger partial charge in [0.05, 0.1) is 19.8 Å². The van der Waals surface area contributed by atoms with Crippen molar-refractivity contribution in [1.82, 2.24) is 0 Å². The summed E-state index contributed by atoms with van der Waals surface area (Å²) in [5, 5.41) is 0. The largest absolute Gasteiger partial charge is 0.472 e. The van der Waals surface area contributed by atoms with E-state index in [2.05, 4.69) is 62.5 Å². The Morgan fingerprint density at radius 3 is 1.77 bits per heavy atom. The molecule has 280 valence electrons. The minimum absolute atomic E-state index is 0.0959. The summed E-state index contributed by atoms with van der Waals surface area (Å²) in [7, 11) is -4.27. The van der Waals surface area contributed by atoms with Crippen LogP contribution in [0.5, 0.6) is 0 Å². The second-order valence-corrected chi connectivity index (χ2v) is 13.9. The zero-order valence-corrected chi connectivity index (χ0v) is 31.6. The Kier molecular flexibility index (Phi) is 35.6. The lowest BCUT2D eigenvalue weighted by Crippen LogP contribution is -2.28. The lowest BCUT2D eigenvalue weighted by molar-refractivity contribution is -0.154. The van der Waals surface area contributed by atoms with Crippen LogP contribution in [0.15, 0.2) is 48.6 Å². The van der Waals surface area contributed by atoms with Crippen LogP contribution in [-0.4, -0.2) is 49.9 Å². The predicted octanol–water partition coefficient (Wildman–Crippen LogP) is 10.9. The van der Waals surface area contributed by atoms with Crippen LogP contribution in [0.3, 0.4) is 0 Å². The summed E-state index contributed by atoms with van der Waals surface area (Å²) in [6, 6.07) is 0. The molecule has 0 aliphatic heterocycles. The molecule has 0 saturated heterocycles. The molecule has 0 aliphatic carbocycles. The molecule has 0 saturated carbocycles. The summed E-state index contributed by atoms with van der Waals surface area (Å²) in [4.78, 5) is 22.4. The number of hydrogen-bond acceptors (Lipinski definition) is 7. The number of unbranched alkanes of at least 4 members (excludes halogenated alkanes) is 15. The first-order chi connectivity index (χ1) is 23.4. The van der Waals surface area contributed by atoms with Gasteiger partial charge in [0.25, 0.3) is 0 Å². The van der Waals surface area contributed by atoms with E-state index in [4.69, 9.17) is 24.3 Å². The lowest BCUT2D eigenvalue weighted by Gasteiger charge is -2.20. The Labute approximate surface area is 294 Å². The summed E-state index contributed by atoms with van der Waals surface area (Å²) in [5.41, 5.74) is 5.35. The maximum Gasteiger partial charge on any atom is 0.472 e. The highest BCUT2D eigenvalue weighted by Gasteiger charge is 2.25. The summed E-state index contributed by atoms with van der Waals surface area (Å²) in [6.07, 6.45) is 41.2. The monoisotopic (exact) mass is 698 g/mol. The van der Waals surface area contributed by atoms with E-state index in [9.17, 15) is 14.3 Å². The van der Waals surface area contributed by atoms with Crippen LogP contribution in [0.25, 0.3) is 0 Å². The molecule has 0 amide bonds. The Bertz CT molecular complexity index is 874. The van der Waals surface area contributed by atoms with Crippen molar-refractivity contribution in [3.8, 4) is 0 Å². The first-order valence-corrected chi connectivity index (χ1v) is 20.6. The van der Waals surface area contributed by atoms with Crippen molar-refractivity contribution >= 4 is 13.8 Å². The normalized spacial score (nSPS) is 14.2. The predicted molar refractivity (Wildman–Crippen MR) is 201 cm³/mol. The van der Waals surface area contributed by atoms with E-state index in [0.29, 0.717) is 13.0 Å². The third kappa shape index (κ3) is 35.8. The van der Waals surface area contributed by atoms with Gasteiger partial charge in [0.15, 0.2) is 0 Å². The maximum absolute atomic E-state index is 12.5. The van der Waals surface area contributed by atoms with E-state index in [1.54, 1.807) is 0 Å². The van der Waals surface area contributed by atoms with Gasteiger partial charge < -0.3 is 20.1 Å². The Morgan fingerprint density at radius 1 is 0.646 bits per heavy atom. The highest BCUT2D eigenvalue weighted by Crippen LogP contribution is 2.43. The molecule has 2 atom stereocenters. The first-order valence-electron chi connectivity index (χ1n) is 19.1. The van der Waals surface area contributed by atoms with E-state index in [0.717, 1.165) is 57.8 Å². The standard InChI is InChI=1S/C39H72NO7P/c1-3-5-7-9-11-13-15-17-18-19-20-21-22-24-26-28-30-32-39(41)47-38(37-46-48(42,43)45-35-33-40)36-44-34-31-29-27-25-23-16-14-12-10-8-6-4-2/h5,7,10-13,17-18,38H,3-4,6,8-9,14-16,19-37,40H2,1-2H3,(H,42,43)/b7-5-,12-10-,13-11-,18-17-. The summed E-state index contributed by atoms with van der Waals surface area (Å²) < 4.78 is 33.3. The second kappa shape index (κ2) is 36.7. The maximum atomic E-state index is 12.5. The second-order valence-electron chi connectivity index (χ2n) is 12.4. The van der Waals surface area contributed by atoms with Crippen LogP contribution in [0.2, 0.25) is 0 Å².